The molecule has 0 spiro atoms. The van der Waals surface area contributed by atoms with Gasteiger partial charge >= 0.3 is 0 Å². The molecule has 0 saturated heterocycles. The molecule has 0 fully saturated rings. The van der Waals surface area contributed by atoms with Gasteiger partial charge in [-0.05, 0) is 55.9 Å². The van der Waals surface area contributed by atoms with Gasteiger partial charge in [0.1, 0.15) is 0 Å². The Bertz CT molecular complexity index is 1130. The highest BCUT2D eigenvalue weighted by Gasteiger charge is 2.27. The number of rotatable bonds is 8. The number of carbonyl (C=O) groups excluding carboxylic acids is 2. The van der Waals surface area contributed by atoms with Crippen molar-refractivity contribution in [3.63, 3.8) is 0 Å². The second-order valence-electron chi connectivity index (χ2n) is 7.94. The largest absolute Gasteiger partial charge is 0.351 e. The highest BCUT2D eigenvalue weighted by molar-refractivity contribution is 7.89. The first-order valence-electron chi connectivity index (χ1n) is 10.5. The van der Waals surface area contributed by atoms with Crippen molar-refractivity contribution < 1.29 is 23.2 Å². The molecule has 2 aromatic carbocycles. The van der Waals surface area contributed by atoms with Crippen LogP contribution in [0, 0.1) is 0 Å². The molecule has 0 unspecified atom stereocenters. The lowest BCUT2D eigenvalue weighted by molar-refractivity contribution is -0.125. The lowest BCUT2D eigenvalue weighted by Gasteiger charge is -2.25. The van der Waals surface area contributed by atoms with Gasteiger partial charge in [0, 0.05) is 37.3 Å². The van der Waals surface area contributed by atoms with Crippen LogP contribution < -0.4 is 10.8 Å². The number of hydrogen-bond donors (Lipinski definition) is 3. The second kappa shape index (κ2) is 10.7. The first-order chi connectivity index (χ1) is 15.7. The van der Waals surface area contributed by atoms with E-state index in [0.29, 0.717) is 17.7 Å². The molecule has 9 nitrogen and oxygen atoms in total. The zero-order chi connectivity index (χ0) is 24.0. The van der Waals surface area contributed by atoms with Crippen molar-refractivity contribution in [3.8, 4) is 11.1 Å². The summed E-state index contributed by atoms with van der Waals surface area (Å²) >= 11 is 0. The summed E-state index contributed by atoms with van der Waals surface area (Å²) < 4.78 is 27.1. The van der Waals surface area contributed by atoms with Gasteiger partial charge in [-0.15, -0.1) is 0 Å². The SMILES string of the molecule is CN(C)CCNC(=O)c1ccc(-c2ccc(S(=O)(=O)N3CC=C(C(=O)NO)CC3)cc2)cc1. The number of carbonyl (C=O) groups is 2. The van der Waals surface area contributed by atoms with Crippen LogP contribution >= 0.6 is 0 Å². The summed E-state index contributed by atoms with van der Waals surface area (Å²) in [5, 5.41) is 11.6. The quantitative estimate of drug-likeness (QED) is 0.396. The summed E-state index contributed by atoms with van der Waals surface area (Å²) in [4.78, 5) is 25.8. The number of hydrogen-bond acceptors (Lipinski definition) is 6. The highest BCUT2D eigenvalue weighted by atomic mass is 32.2. The minimum absolute atomic E-state index is 0.0604. The number of hydroxylamine groups is 1. The molecular formula is C23H28N4O5S. The van der Waals surface area contributed by atoms with Gasteiger partial charge in [0.2, 0.25) is 10.0 Å². The van der Waals surface area contributed by atoms with Gasteiger partial charge in [-0.25, -0.2) is 13.9 Å². The third-order valence-corrected chi connectivity index (χ3v) is 7.26. The smallest absolute Gasteiger partial charge is 0.270 e. The Kier molecular flexibility index (Phi) is 7.98. The molecule has 2 amide bonds. The minimum atomic E-state index is -3.71. The lowest BCUT2D eigenvalue weighted by Crippen LogP contribution is -2.37. The molecule has 10 heteroatoms. The summed E-state index contributed by atoms with van der Waals surface area (Å²) in [6, 6.07) is 13.7. The third kappa shape index (κ3) is 6.05. The number of nitrogens with zero attached hydrogens (tertiary/aromatic N) is 2. The van der Waals surface area contributed by atoms with Crippen LogP contribution in [0.25, 0.3) is 11.1 Å². The van der Waals surface area contributed by atoms with E-state index >= 15 is 0 Å². The number of benzene rings is 2. The Hall–Kier alpha value is -3.05. The summed E-state index contributed by atoms with van der Waals surface area (Å²) in [6.45, 7) is 1.53. The van der Waals surface area contributed by atoms with E-state index in [0.717, 1.165) is 17.7 Å². The van der Waals surface area contributed by atoms with Crippen LogP contribution in [0.1, 0.15) is 16.8 Å². The molecule has 0 aliphatic carbocycles. The van der Waals surface area contributed by atoms with E-state index in [1.807, 2.05) is 31.1 Å². The Morgan fingerprint density at radius 1 is 1.00 bits per heavy atom. The molecule has 3 N–H and O–H groups in total. The molecule has 3 rings (SSSR count). The molecule has 176 valence electrons. The predicted octanol–water partition coefficient (Wildman–Crippen LogP) is 1.47. The molecule has 1 aliphatic heterocycles. The molecule has 1 heterocycles. The minimum Gasteiger partial charge on any atom is -0.351 e. The fourth-order valence-corrected chi connectivity index (χ4v) is 4.81. The van der Waals surface area contributed by atoms with Gasteiger partial charge in [-0.1, -0.05) is 30.3 Å². The van der Waals surface area contributed by atoms with Gasteiger partial charge in [0.05, 0.1) is 4.90 Å². The lowest BCUT2D eigenvalue weighted by atomic mass is 10.0. The molecule has 0 radical (unpaired) electrons. The average Bonchev–Trinajstić information content (AvgIpc) is 2.83. The van der Waals surface area contributed by atoms with Gasteiger partial charge in [-0.2, -0.15) is 4.31 Å². The van der Waals surface area contributed by atoms with Gasteiger partial charge < -0.3 is 10.2 Å². The fourth-order valence-electron chi connectivity index (χ4n) is 3.42. The topological polar surface area (TPSA) is 119 Å². The van der Waals surface area contributed by atoms with E-state index in [4.69, 9.17) is 5.21 Å². The summed E-state index contributed by atoms with van der Waals surface area (Å²) in [7, 11) is 0.169. The van der Waals surface area contributed by atoms with Crippen molar-refractivity contribution in [2.75, 3.05) is 40.3 Å². The van der Waals surface area contributed by atoms with Crippen LogP contribution in [-0.4, -0.2) is 74.9 Å². The van der Waals surface area contributed by atoms with Crippen LogP contribution in [0.5, 0.6) is 0 Å². The van der Waals surface area contributed by atoms with Crippen molar-refractivity contribution in [1.82, 2.24) is 20.0 Å². The summed E-state index contributed by atoms with van der Waals surface area (Å²) in [5.41, 5.74) is 4.17. The Labute approximate surface area is 193 Å². The molecular weight excluding hydrogens is 444 g/mol. The predicted molar refractivity (Wildman–Crippen MR) is 124 cm³/mol. The third-order valence-electron chi connectivity index (χ3n) is 5.38. The van der Waals surface area contributed by atoms with Crippen LogP contribution in [0.2, 0.25) is 0 Å². The molecule has 1 aliphatic rings. The standard InChI is InChI=1S/C23H28N4O5S/c1-26(2)16-13-24-22(28)19-5-3-17(4-6-19)18-7-9-21(10-8-18)33(31,32)27-14-11-20(12-15-27)23(29)25-30/h3-11,30H,12-16H2,1-2H3,(H,24,28)(H,25,29). The molecule has 2 aromatic rings. The molecule has 0 saturated carbocycles. The van der Waals surface area contributed by atoms with Crippen molar-refractivity contribution in [2.24, 2.45) is 0 Å². The van der Waals surface area contributed by atoms with Crippen LogP contribution in [0.15, 0.2) is 65.1 Å². The van der Waals surface area contributed by atoms with Crippen molar-refractivity contribution in [3.05, 3.63) is 65.7 Å². The normalized spacial score (nSPS) is 14.6. The molecule has 0 atom stereocenters. The van der Waals surface area contributed by atoms with Crippen molar-refractivity contribution >= 4 is 21.8 Å². The summed E-state index contributed by atoms with van der Waals surface area (Å²) in [6.07, 6.45) is 1.72. The Morgan fingerprint density at radius 3 is 2.12 bits per heavy atom. The van der Waals surface area contributed by atoms with Gasteiger partial charge in [0.15, 0.2) is 0 Å². The van der Waals surface area contributed by atoms with E-state index in [2.05, 4.69) is 5.32 Å². The monoisotopic (exact) mass is 472 g/mol. The zero-order valence-electron chi connectivity index (χ0n) is 18.6. The van der Waals surface area contributed by atoms with Crippen molar-refractivity contribution in [1.29, 1.82) is 0 Å². The van der Waals surface area contributed by atoms with E-state index < -0.39 is 15.9 Å². The maximum atomic E-state index is 12.9. The zero-order valence-corrected chi connectivity index (χ0v) is 19.4. The first kappa shape index (κ1) is 24.6. The maximum Gasteiger partial charge on any atom is 0.270 e. The second-order valence-corrected chi connectivity index (χ2v) is 9.88. The van der Waals surface area contributed by atoms with Crippen LogP contribution in [0.3, 0.4) is 0 Å². The number of sulfonamides is 1. The molecule has 0 aromatic heterocycles. The van der Waals surface area contributed by atoms with E-state index in [9.17, 15) is 18.0 Å². The van der Waals surface area contributed by atoms with Gasteiger partial charge in [-0.3, -0.25) is 14.8 Å². The maximum absolute atomic E-state index is 12.9. The molecule has 0 bridgehead atoms. The summed E-state index contributed by atoms with van der Waals surface area (Å²) in [5.74, 6) is -0.756. The number of likely N-dealkylation sites (N-methyl/N-ethyl adjacent to an activating group) is 1. The Balaban J connectivity index is 1.67. The van der Waals surface area contributed by atoms with E-state index in [1.165, 1.54) is 10.4 Å². The molecule has 33 heavy (non-hydrogen) atoms. The fraction of sp³-hybridized carbons (Fsp3) is 0.304. The van der Waals surface area contributed by atoms with Crippen molar-refractivity contribution in [2.45, 2.75) is 11.3 Å². The van der Waals surface area contributed by atoms with Crippen LogP contribution in [-0.2, 0) is 14.8 Å². The van der Waals surface area contributed by atoms with E-state index in [-0.39, 0.29) is 30.3 Å². The van der Waals surface area contributed by atoms with E-state index in [1.54, 1.807) is 41.9 Å². The number of amides is 2. The van der Waals surface area contributed by atoms with Gasteiger partial charge in [0.25, 0.3) is 11.8 Å². The highest BCUT2D eigenvalue weighted by Crippen LogP contribution is 2.25. The first-order valence-corrected chi connectivity index (χ1v) is 11.9. The van der Waals surface area contributed by atoms with Crippen LogP contribution in [0.4, 0.5) is 0 Å². The number of nitrogens with one attached hydrogen (secondary N) is 2. The Morgan fingerprint density at radius 2 is 1.61 bits per heavy atom. The average molecular weight is 473 g/mol.